The lowest BCUT2D eigenvalue weighted by Crippen LogP contribution is -2.35. The number of nitrogens with one attached hydrogen (secondary N) is 1. The zero-order valence-corrected chi connectivity index (χ0v) is 12.4. The molecule has 0 amide bonds. The lowest BCUT2D eigenvalue weighted by molar-refractivity contribution is 0.383. The number of benzene rings is 1. The number of aromatic nitrogens is 3. The lowest BCUT2D eigenvalue weighted by atomic mass is 10.1. The van der Waals surface area contributed by atoms with Crippen LogP contribution in [0.5, 0.6) is 0 Å². The van der Waals surface area contributed by atoms with E-state index < -0.39 is 0 Å². The number of fused-ring (bicyclic) bond motifs is 1. The summed E-state index contributed by atoms with van der Waals surface area (Å²) >= 11 is 0. The minimum Gasteiger partial charge on any atom is -0.419 e. The Bertz CT molecular complexity index is 758. The quantitative estimate of drug-likeness (QED) is 0.799. The van der Waals surface area contributed by atoms with Gasteiger partial charge in [-0.05, 0) is 45.0 Å². The van der Waals surface area contributed by atoms with Gasteiger partial charge in [0.25, 0.3) is 0 Å². The first-order chi connectivity index (χ1) is 10.0. The van der Waals surface area contributed by atoms with E-state index in [-0.39, 0.29) is 5.54 Å². The summed E-state index contributed by atoms with van der Waals surface area (Å²) in [7, 11) is 0. The van der Waals surface area contributed by atoms with Crippen molar-refractivity contribution in [3.63, 3.8) is 0 Å². The van der Waals surface area contributed by atoms with Crippen LogP contribution >= 0.6 is 0 Å². The molecule has 0 unspecified atom stereocenters. The number of pyridine rings is 1. The van der Waals surface area contributed by atoms with Gasteiger partial charge in [-0.2, -0.15) is 0 Å². The molecule has 0 atom stereocenters. The van der Waals surface area contributed by atoms with Gasteiger partial charge in [0.15, 0.2) is 0 Å². The van der Waals surface area contributed by atoms with Gasteiger partial charge in [-0.3, -0.25) is 4.98 Å². The number of nitrogens with zero attached hydrogens (tertiary/aromatic N) is 3. The van der Waals surface area contributed by atoms with Crippen molar-refractivity contribution in [3.8, 4) is 11.5 Å². The molecular formula is C16H18N4O. The molecule has 0 aliphatic heterocycles. The second-order valence-corrected chi connectivity index (χ2v) is 6.02. The van der Waals surface area contributed by atoms with E-state index in [1.54, 1.807) is 6.20 Å². The summed E-state index contributed by atoms with van der Waals surface area (Å²) in [6.07, 6.45) is 1.78. The molecule has 0 bridgehead atoms. The van der Waals surface area contributed by atoms with Gasteiger partial charge in [0, 0.05) is 22.7 Å². The fourth-order valence-corrected chi connectivity index (χ4v) is 1.99. The predicted octanol–water partition coefficient (Wildman–Crippen LogP) is 3.17. The van der Waals surface area contributed by atoms with Crippen LogP contribution in [0.2, 0.25) is 0 Å². The summed E-state index contributed by atoms with van der Waals surface area (Å²) in [5, 5.41) is 12.6. The van der Waals surface area contributed by atoms with E-state index >= 15 is 0 Å². The first-order valence-electron chi connectivity index (χ1n) is 6.94. The Hall–Kier alpha value is -2.27. The molecule has 0 saturated heterocycles. The normalized spacial score (nSPS) is 12.0. The molecule has 2 aromatic heterocycles. The molecule has 0 aliphatic rings. The Morgan fingerprint density at radius 2 is 2.00 bits per heavy atom. The summed E-state index contributed by atoms with van der Waals surface area (Å²) in [5.41, 5.74) is 1.88. The maximum Gasteiger partial charge on any atom is 0.247 e. The third kappa shape index (κ3) is 3.25. The van der Waals surface area contributed by atoms with E-state index in [1.807, 2.05) is 30.3 Å². The summed E-state index contributed by atoms with van der Waals surface area (Å²) in [6, 6.07) is 9.85. The highest BCUT2D eigenvalue weighted by molar-refractivity contribution is 5.82. The van der Waals surface area contributed by atoms with Crippen LogP contribution in [0.4, 0.5) is 0 Å². The Morgan fingerprint density at radius 1 is 1.14 bits per heavy atom. The topological polar surface area (TPSA) is 63.8 Å². The summed E-state index contributed by atoms with van der Waals surface area (Å²) in [6.45, 7) is 6.85. The Kier molecular flexibility index (Phi) is 3.43. The molecule has 5 nitrogen and oxygen atoms in total. The molecule has 0 spiro atoms. The fraction of sp³-hybridized carbons (Fsp3) is 0.312. The third-order valence-electron chi connectivity index (χ3n) is 3.09. The van der Waals surface area contributed by atoms with Crippen LogP contribution < -0.4 is 5.32 Å². The van der Waals surface area contributed by atoms with Crippen LogP contribution in [0.3, 0.4) is 0 Å². The largest absolute Gasteiger partial charge is 0.419 e. The van der Waals surface area contributed by atoms with Gasteiger partial charge in [-0.15, -0.1) is 10.2 Å². The molecule has 0 fully saturated rings. The molecule has 108 valence electrons. The molecule has 0 saturated carbocycles. The zero-order valence-electron chi connectivity index (χ0n) is 12.4. The van der Waals surface area contributed by atoms with E-state index in [0.29, 0.717) is 18.3 Å². The highest BCUT2D eigenvalue weighted by atomic mass is 16.4. The van der Waals surface area contributed by atoms with Gasteiger partial charge in [-0.25, -0.2) is 0 Å². The maximum absolute atomic E-state index is 5.71. The smallest absolute Gasteiger partial charge is 0.247 e. The van der Waals surface area contributed by atoms with Gasteiger partial charge in [-0.1, -0.05) is 6.07 Å². The van der Waals surface area contributed by atoms with Crippen molar-refractivity contribution in [2.75, 3.05) is 0 Å². The number of hydrogen-bond donors (Lipinski definition) is 1. The molecule has 0 radical (unpaired) electrons. The minimum atomic E-state index is 0.0171. The fourth-order valence-electron chi connectivity index (χ4n) is 1.99. The number of hydrogen-bond acceptors (Lipinski definition) is 5. The monoisotopic (exact) mass is 282 g/mol. The Morgan fingerprint density at radius 3 is 2.81 bits per heavy atom. The van der Waals surface area contributed by atoms with E-state index in [9.17, 15) is 0 Å². The minimum absolute atomic E-state index is 0.0171. The van der Waals surface area contributed by atoms with Gasteiger partial charge >= 0.3 is 0 Å². The average Bonchev–Trinajstić information content (AvgIpc) is 2.93. The predicted molar refractivity (Wildman–Crippen MR) is 81.6 cm³/mol. The van der Waals surface area contributed by atoms with Crippen LogP contribution in [0.25, 0.3) is 22.4 Å². The first kappa shape index (κ1) is 13.7. The van der Waals surface area contributed by atoms with Gasteiger partial charge in [0.05, 0.1) is 12.1 Å². The van der Waals surface area contributed by atoms with Crippen LogP contribution in [-0.4, -0.2) is 20.7 Å². The van der Waals surface area contributed by atoms with Crippen molar-refractivity contribution < 1.29 is 4.42 Å². The summed E-state index contributed by atoms with van der Waals surface area (Å²) in [4.78, 5) is 4.30. The van der Waals surface area contributed by atoms with Crippen molar-refractivity contribution in [1.29, 1.82) is 0 Å². The number of rotatable bonds is 3. The molecule has 5 heteroatoms. The van der Waals surface area contributed by atoms with Crippen LogP contribution in [0.15, 0.2) is 40.9 Å². The molecule has 2 heterocycles. The van der Waals surface area contributed by atoms with Crippen molar-refractivity contribution in [2.24, 2.45) is 0 Å². The Labute approximate surface area is 123 Å². The molecule has 0 aliphatic carbocycles. The van der Waals surface area contributed by atoms with Crippen molar-refractivity contribution in [1.82, 2.24) is 20.5 Å². The Balaban J connectivity index is 1.84. The molecule has 1 N–H and O–H groups in total. The van der Waals surface area contributed by atoms with Crippen molar-refractivity contribution in [3.05, 3.63) is 42.4 Å². The van der Waals surface area contributed by atoms with Crippen molar-refractivity contribution in [2.45, 2.75) is 32.9 Å². The first-order valence-corrected chi connectivity index (χ1v) is 6.94. The molecule has 21 heavy (non-hydrogen) atoms. The van der Waals surface area contributed by atoms with E-state index in [1.165, 1.54) is 0 Å². The van der Waals surface area contributed by atoms with Crippen LogP contribution in [0.1, 0.15) is 26.7 Å². The van der Waals surface area contributed by atoms with E-state index in [2.05, 4.69) is 41.3 Å². The highest BCUT2D eigenvalue weighted by Gasteiger charge is 2.13. The zero-order chi connectivity index (χ0) is 14.9. The van der Waals surface area contributed by atoms with Crippen molar-refractivity contribution >= 4 is 10.9 Å². The lowest BCUT2D eigenvalue weighted by Gasteiger charge is -2.18. The van der Waals surface area contributed by atoms with Crippen LogP contribution in [-0.2, 0) is 6.54 Å². The SMILES string of the molecule is CC(C)(C)NCc1nnc(-c2ccc3ncccc3c2)o1. The third-order valence-corrected chi connectivity index (χ3v) is 3.09. The standard InChI is InChI=1S/C16H18N4O/c1-16(2,3)18-10-14-19-20-15(21-14)12-6-7-13-11(9-12)5-4-8-17-13/h4-9,18H,10H2,1-3H3. The van der Waals surface area contributed by atoms with E-state index in [0.717, 1.165) is 16.5 Å². The molecule has 1 aromatic carbocycles. The summed E-state index contributed by atoms with van der Waals surface area (Å²) < 4.78 is 5.71. The molecule has 3 aromatic rings. The molecular weight excluding hydrogens is 264 g/mol. The highest BCUT2D eigenvalue weighted by Crippen LogP contribution is 2.22. The van der Waals surface area contributed by atoms with Crippen LogP contribution in [0, 0.1) is 0 Å². The van der Waals surface area contributed by atoms with Gasteiger partial charge in [0.1, 0.15) is 0 Å². The maximum atomic E-state index is 5.71. The average molecular weight is 282 g/mol. The second kappa shape index (κ2) is 5.26. The van der Waals surface area contributed by atoms with E-state index in [4.69, 9.17) is 4.42 Å². The molecule has 3 rings (SSSR count). The second-order valence-electron chi connectivity index (χ2n) is 6.02. The van der Waals surface area contributed by atoms with Gasteiger partial charge in [0.2, 0.25) is 11.8 Å². The van der Waals surface area contributed by atoms with Gasteiger partial charge < -0.3 is 9.73 Å². The summed E-state index contributed by atoms with van der Waals surface area (Å²) in [5.74, 6) is 1.12.